The van der Waals surface area contributed by atoms with Crippen LogP contribution in [0, 0.1) is 0 Å². The molecule has 10 nitrogen and oxygen atoms in total. The fourth-order valence-electron chi connectivity index (χ4n) is 4.20. The zero-order chi connectivity index (χ0) is 28.8. The van der Waals surface area contributed by atoms with E-state index in [-0.39, 0.29) is 23.4 Å². The standard InChI is InChI=1S/C30H23NO9Se/c32-27(33)21-17-41-26(31-21)25-24(40-30(36)20-14-8-3-9-15-20)23(39-29(35)19-12-6-2-7-13-19)22(38-25)16-37-28(34)18-10-4-1-5-11-18/h1-15,17,22-25H,16H2,(H,32,33)/t22-,23-,24-,25+/m1/s1. The summed E-state index contributed by atoms with van der Waals surface area (Å²) in [5.74, 6) is -3.24. The van der Waals surface area contributed by atoms with Gasteiger partial charge >= 0.3 is 241 Å². The number of esters is 3. The first-order valence-corrected chi connectivity index (χ1v) is 14.3. The molecule has 4 aromatic rings. The van der Waals surface area contributed by atoms with Crippen molar-refractivity contribution in [3.05, 3.63) is 123 Å². The molecule has 0 bridgehead atoms. The number of benzene rings is 3. The Morgan fingerprint density at radius 3 is 1.71 bits per heavy atom. The SMILES string of the molecule is O=C(OC[C@H]1O[C@H](c2nc(C(=O)O)c[se]2)[C@H](OC(=O)c2ccccc2)[C@@H]1OC(=O)c1ccccc1)c1ccccc1. The van der Waals surface area contributed by atoms with Gasteiger partial charge in [-0.05, 0) is 0 Å². The molecule has 4 atom stereocenters. The van der Waals surface area contributed by atoms with Crippen molar-refractivity contribution >= 4 is 38.4 Å². The third kappa shape index (κ3) is 6.60. The molecule has 0 amide bonds. The molecule has 3 aromatic carbocycles. The first-order valence-electron chi connectivity index (χ1n) is 12.5. The Kier molecular flexibility index (Phi) is 8.69. The van der Waals surface area contributed by atoms with E-state index in [1.165, 1.54) is 4.94 Å². The number of carboxylic acids is 1. The van der Waals surface area contributed by atoms with Gasteiger partial charge in [0.1, 0.15) is 0 Å². The minimum atomic E-state index is -1.21. The number of ether oxygens (including phenoxy) is 4. The normalized spacial score (nSPS) is 19.7. The van der Waals surface area contributed by atoms with E-state index >= 15 is 0 Å². The van der Waals surface area contributed by atoms with Gasteiger partial charge in [0.2, 0.25) is 0 Å². The Hall–Kier alpha value is -4.57. The van der Waals surface area contributed by atoms with Crippen molar-refractivity contribution in [3.63, 3.8) is 0 Å². The molecule has 1 N–H and O–H groups in total. The zero-order valence-corrected chi connectivity index (χ0v) is 23.0. The van der Waals surface area contributed by atoms with Crippen molar-refractivity contribution in [2.24, 2.45) is 0 Å². The summed E-state index contributed by atoms with van der Waals surface area (Å²) >= 11 is -0.542. The molecule has 5 rings (SSSR count). The summed E-state index contributed by atoms with van der Waals surface area (Å²) in [6, 6.07) is 24.8. The predicted molar refractivity (Wildman–Crippen MR) is 144 cm³/mol. The molecular weight excluding hydrogens is 597 g/mol. The van der Waals surface area contributed by atoms with E-state index in [9.17, 15) is 24.3 Å². The van der Waals surface area contributed by atoms with Gasteiger partial charge in [0, 0.05) is 0 Å². The first kappa shape index (κ1) is 28.0. The molecule has 1 saturated heterocycles. The Bertz CT molecular complexity index is 1530. The summed E-state index contributed by atoms with van der Waals surface area (Å²) in [5.41, 5.74) is 0.655. The van der Waals surface area contributed by atoms with Gasteiger partial charge in [-0.15, -0.1) is 0 Å². The predicted octanol–water partition coefficient (Wildman–Crippen LogP) is 3.58. The number of nitrogens with zero attached hydrogens (tertiary/aromatic N) is 1. The maximum atomic E-state index is 13.1. The van der Waals surface area contributed by atoms with Crippen LogP contribution >= 0.6 is 0 Å². The molecule has 1 aliphatic heterocycles. The van der Waals surface area contributed by atoms with Crippen LogP contribution < -0.4 is 0 Å². The van der Waals surface area contributed by atoms with Gasteiger partial charge < -0.3 is 0 Å². The molecular formula is C30H23NO9Se. The van der Waals surface area contributed by atoms with Crippen LogP contribution in [0.1, 0.15) is 52.2 Å². The first-order chi connectivity index (χ1) is 19.9. The van der Waals surface area contributed by atoms with E-state index in [2.05, 4.69) is 4.98 Å². The number of carbonyl (C=O) groups excluding carboxylic acids is 3. The molecule has 11 heteroatoms. The molecule has 1 aliphatic rings. The summed E-state index contributed by atoms with van der Waals surface area (Å²) in [6.45, 7) is -0.337. The average Bonchev–Trinajstić information content (AvgIpc) is 3.63. The molecule has 0 radical (unpaired) electrons. The number of aromatic carboxylic acids is 1. The van der Waals surface area contributed by atoms with E-state index in [0.29, 0.717) is 10.1 Å². The van der Waals surface area contributed by atoms with Crippen LogP contribution in [-0.2, 0) is 18.9 Å². The summed E-state index contributed by atoms with van der Waals surface area (Å²) in [6.07, 6.45) is -4.53. The third-order valence-corrected chi connectivity index (χ3v) is 8.09. The molecule has 0 aliphatic carbocycles. The van der Waals surface area contributed by atoms with E-state index in [0.717, 1.165) is 0 Å². The third-order valence-electron chi connectivity index (χ3n) is 6.19. The molecule has 0 saturated carbocycles. The van der Waals surface area contributed by atoms with Crippen molar-refractivity contribution in [1.29, 1.82) is 0 Å². The van der Waals surface area contributed by atoms with Crippen LogP contribution in [0.5, 0.6) is 0 Å². The van der Waals surface area contributed by atoms with Gasteiger partial charge in [-0.3, -0.25) is 0 Å². The van der Waals surface area contributed by atoms with E-state index < -0.39 is 62.8 Å². The van der Waals surface area contributed by atoms with Crippen LogP contribution in [0.25, 0.3) is 0 Å². The summed E-state index contributed by atoms with van der Waals surface area (Å²) in [7, 11) is 0. The second kappa shape index (κ2) is 12.7. The zero-order valence-electron chi connectivity index (χ0n) is 21.3. The van der Waals surface area contributed by atoms with Gasteiger partial charge in [0.15, 0.2) is 0 Å². The van der Waals surface area contributed by atoms with E-state index in [1.54, 1.807) is 91.0 Å². The van der Waals surface area contributed by atoms with Gasteiger partial charge in [-0.25, -0.2) is 0 Å². The van der Waals surface area contributed by atoms with Crippen LogP contribution in [0.15, 0.2) is 95.9 Å². The number of carboxylic acid groups (broad SMARTS) is 1. The van der Waals surface area contributed by atoms with Crippen LogP contribution in [0.3, 0.4) is 0 Å². The van der Waals surface area contributed by atoms with Crippen LogP contribution in [-0.4, -0.2) is 73.4 Å². The average molecular weight is 620 g/mol. The minimum absolute atomic E-state index is 0.159. The second-order valence-electron chi connectivity index (χ2n) is 8.91. The van der Waals surface area contributed by atoms with Crippen molar-refractivity contribution in [1.82, 2.24) is 4.98 Å². The van der Waals surface area contributed by atoms with E-state index in [4.69, 9.17) is 18.9 Å². The number of carbonyl (C=O) groups is 4. The fourth-order valence-corrected chi connectivity index (χ4v) is 6.00. The Balaban J connectivity index is 1.47. The summed E-state index contributed by atoms with van der Waals surface area (Å²) < 4.78 is 23.7. The molecule has 2 heterocycles. The van der Waals surface area contributed by atoms with Crippen LogP contribution in [0.4, 0.5) is 0 Å². The van der Waals surface area contributed by atoms with Crippen molar-refractivity contribution in [2.45, 2.75) is 24.4 Å². The maximum absolute atomic E-state index is 13.1. The molecule has 0 unspecified atom stereocenters. The second-order valence-corrected chi connectivity index (χ2v) is 10.8. The van der Waals surface area contributed by atoms with Gasteiger partial charge in [0.05, 0.1) is 0 Å². The quantitative estimate of drug-likeness (QED) is 0.168. The molecule has 41 heavy (non-hydrogen) atoms. The Morgan fingerprint density at radius 1 is 0.732 bits per heavy atom. The van der Waals surface area contributed by atoms with E-state index in [1.807, 2.05) is 0 Å². The molecule has 0 spiro atoms. The Labute approximate surface area is 240 Å². The van der Waals surface area contributed by atoms with Crippen molar-refractivity contribution in [3.8, 4) is 0 Å². The molecule has 1 aromatic heterocycles. The number of hydrogen-bond acceptors (Lipinski definition) is 9. The summed E-state index contributed by atoms with van der Waals surface area (Å²) in [4.78, 5) is 56.2. The fraction of sp³-hybridized carbons (Fsp3) is 0.167. The van der Waals surface area contributed by atoms with Gasteiger partial charge in [-0.2, -0.15) is 0 Å². The molecule has 1 fully saturated rings. The Morgan fingerprint density at radius 2 is 1.22 bits per heavy atom. The van der Waals surface area contributed by atoms with Crippen molar-refractivity contribution < 1.29 is 43.2 Å². The van der Waals surface area contributed by atoms with Gasteiger partial charge in [0.25, 0.3) is 0 Å². The monoisotopic (exact) mass is 621 g/mol. The topological polar surface area (TPSA) is 138 Å². The van der Waals surface area contributed by atoms with Crippen molar-refractivity contribution in [2.75, 3.05) is 6.61 Å². The van der Waals surface area contributed by atoms with Crippen LogP contribution in [0.2, 0.25) is 0 Å². The van der Waals surface area contributed by atoms with Gasteiger partial charge in [-0.1, -0.05) is 0 Å². The number of hydrogen-bond donors (Lipinski definition) is 1. The number of rotatable bonds is 9. The number of aromatic nitrogens is 1. The molecule has 208 valence electrons. The summed E-state index contributed by atoms with van der Waals surface area (Å²) in [5, 5.41) is 9.42.